The summed E-state index contributed by atoms with van der Waals surface area (Å²) < 4.78 is 16.9. The topological polar surface area (TPSA) is 40.5 Å². The highest BCUT2D eigenvalue weighted by Crippen LogP contribution is 2.70. The Labute approximate surface area is 180 Å². The van der Waals surface area contributed by atoms with E-state index in [1.54, 1.807) is 11.8 Å². The van der Waals surface area contributed by atoms with E-state index in [-0.39, 0.29) is 17.9 Å². The fourth-order valence-electron chi connectivity index (χ4n) is 7.79. The zero-order chi connectivity index (χ0) is 20.9. The quantitative estimate of drug-likeness (QED) is 0.436. The second-order valence-corrected chi connectivity index (χ2v) is 11.9. The monoisotopic (exact) mass is 422 g/mol. The highest BCUT2D eigenvalue weighted by Gasteiger charge is 2.66. The highest BCUT2D eigenvalue weighted by molar-refractivity contribution is 7.99. The fourth-order valence-corrected chi connectivity index (χ4v) is 8.76. The van der Waals surface area contributed by atoms with Crippen LogP contribution in [0.1, 0.15) is 65.7 Å². The molecular weight excluding hydrogens is 383 g/mol. The van der Waals surface area contributed by atoms with Crippen molar-refractivity contribution in [1.82, 2.24) is 0 Å². The van der Waals surface area contributed by atoms with Crippen molar-refractivity contribution in [2.45, 2.75) is 77.5 Å². The van der Waals surface area contributed by atoms with Gasteiger partial charge in [0.25, 0.3) is 0 Å². The summed E-state index contributed by atoms with van der Waals surface area (Å²) >= 11 is 1.75. The lowest BCUT2D eigenvalue weighted by Crippen LogP contribution is -2.59. The molecule has 4 rings (SSSR count). The molecule has 0 aromatic rings. The van der Waals surface area contributed by atoms with Crippen LogP contribution in [0.5, 0.6) is 0 Å². The van der Waals surface area contributed by atoms with Crippen LogP contribution >= 0.6 is 11.8 Å². The lowest BCUT2D eigenvalue weighted by atomic mass is 9.46. The third-order valence-corrected chi connectivity index (χ3v) is 10.6. The summed E-state index contributed by atoms with van der Waals surface area (Å²) in [7, 11) is 0. The van der Waals surface area contributed by atoms with E-state index < -0.39 is 17.2 Å². The smallest absolute Gasteiger partial charge is 0.126 e. The molecule has 4 aliphatic carbocycles. The predicted molar refractivity (Wildman–Crippen MR) is 120 cm³/mol. The average molecular weight is 423 g/mol. The van der Waals surface area contributed by atoms with Crippen LogP contribution in [0.25, 0.3) is 0 Å². The molecule has 0 spiro atoms. The number of hydrogen-bond acceptors (Lipinski definition) is 3. The third kappa shape index (κ3) is 3.36. The summed E-state index contributed by atoms with van der Waals surface area (Å²) in [5, 5.41) is 18.6. The minimum absolute atomic E-state index is 0.156. The molecule has 0 bridgehead atoms. The van der Waals surface area contributed by atoms with E-state index in [1.165, 1.54) is 12.0 Å². The van der Waals surface area contributed by atoms with E-state index in [2.05, 4.69) is 39.0 Å². The van der Waals surface area contributed by atoms with Crippen molar-refractivity contribution in [2.75, 3.05) is 18.1 Å². The van der Waals surface area contributed by atoms with Gasteiger partial charge in [-0.1, -0.05) is 37.6 Å². The van der Waals surface area contributed by atoms with Gasteiger partial charge in [-0.3, -0.25) is 0 Å². The van der Waals surface area contributed by atoms with Gasteiger partial charge in [-0.05, 0) is 86.7 Å². The molecule has 2 nitrogen and oxygen atoms in total. The summed E-state index contributed by atoms with van der Waals surface area (Å²) in [4.78, 5) is 0. The second kappa shape index (κ2) is 7.98. The van der Waals surface area contributed by atoms with E-state index in [4.69, 9.17) is 5.11 Å². The summed E-state index contributed by atoms with van der Waals surface area (Å²) in [6.45, 7) is 6.86. The lowest BCUT2D eigenvalue weighted by molar-refractivity contribution is -0.126. The Kier molecular flexibility index (Phi) is 6.03. The Morgan fingerprint density at radius 1 is 1.28 bits per heavy atom. The van der Waals surface area contributed by atoms with Gasteiger partial charge in [0.2, 0.25) is 0 Å². The van der Waals surface area contributed by atoms with Crippen LogP contribution in [0.2, 0.25) is 0 Å². The molecule has 8 atom stereocenters. The van der Waals surface area contributed by atoms with Crippen LogP contribution in [-0.4, -0.2) is 40.1 Å². The van der Waals surface area contributed by atoms with Gasteiger partial charge in [0.15, 0.2) is 0 Å². The Morgan fingerprint density at radius 3 is 2.83 bits per heavy atom. The van der Waals surface area contributed by atoms with Gasteiger partial charge < -0.3 is 10.2 Å². The van der Waals surface area contributed by atoms with Crippen LogP contribution in [0.15, 0.2) is 23.8 Å². The number of allylic oxidation sites excluding steroid dienone is 4. The van der Waals surface area contributed by atoms with Crippen molar-refractivity contribution in [2.24, 2.45) is 34.5 Å². The van der Waals surface area contributed by atoms with E-state index in [1.807, 2.05) is 0 Å². The molecule has 0 amide bonds. The van der Waals surface area contributed by atoms with Gasteiger partial charge in [-0.25, -0.2) is 4.39 Å². The number of aliphatic hydroxyl groups excluding tert-OH is 2. The van der Waals surface area contributed by atoms with Crippen LogP contribution in [0.4, 0.5) is 4.39 Å². The first-order valence-electron chi connectivity index (χ1n) is 11.7. The van der Waals surface area contributed by atoms with E-state index in [0.29, 0.717) is 29.9 Å². The maximum absolute atomic E-state index is 16.9. The highest BCUT2D eigenvalue weighted by atomic mass is 32.2. The maximum Gasteiger partial charge on any atom is 0.126 e. The number of alkyl halides is 1. The molecule has 0 heterocycles. The zero-order valence-corrected chi connectivity index (χ0v) is 19.2. The Balaban J connectivity index is 1.51. The van der Waals surface area contributed by atoms with Gasteiger partial charge in [0.1, 0.15) is 5.67 Å². The number of halogens is 1. The first kappa shape index (κ1) is 21.9. The van der Waals surface area contributed by atoms with Crippen molar-refractivity contribution < 1.29 is 14.6 Å². The van der Waals surface area contributed by atoms with Gasteiger partial charge in [0.05, 0.1) is 12.7 Å². The molecule has 1 unspecified atom stereocenters. The fraction of sp³-hybridized carbons (Fsp3) is 0.840. The van der Waals surface area contributed by atoms with Crippen LogP contribution in [0.3, 0.4) is 0 Å². The molecule has 0 saturated heterocycles. The molecule has 4 aliphatic rings. The molecule has 29 heavy (non-hydrogen) atoms. The first-order valence-corrected chi connectivity index (χ1v) is 12.8. The number of hydrogen-bond donors (Lipinski definition) is 2. The molecule has 4 heteroatoms. The number of fused-ring (bicyclic) bond motifs is 5. The minimum Gasteiger partial charge on any atom is -0.394 e. The van der Waals surface area contributed by atoms with Crippen LogP contribution < -0.4 is 0 Å². The standard InChI is InChI=1S/C25H39FO2S/c1-17-14-22-21-8-7-18-6-4-5-10-24(18,3)25(21,26)12-11-23(22,2)20(17)9-13-29-16-19(28)15-27/h5-6,10,17,19-22,27-28H,4,7-9,11-16H2,1-3H3/t17-,19?,20+,21+,22+,23-,24+,25-/m1/s1. The third-order valence-electron chi connectivity index (χ3n) is 9.41. The van der Waals surface area contributed by atoms with E-state index >= 15 is 4.39 Å². The molecular formula is C25H39FO2S. The lowest BCUT2D eigenvalue weighted by Gasteiger charge is -2.60. The van der Waals surface area contributed by atoms with Crippen molar-refractivity contribution >= 4 is 11.8 Å². The van der Waals surface area contributed by atoms with Gasteiger partial charge in [-0.15, -0.1) is 0 Å². The molecule has 0 aliphatic heterocycles. The minimum atomic E-state index is -1.09. The summed E-state index contributed by atoms with van der Waals surface area (Å²) in [6.07, 6.45) is 13.1. The number of aliphatic hydroxyl groups is 2. The molecule has 0 aromatic heterocycles. The second-order valence-electron chi connectivity index (χ2n) is 10.7. The SMILES string of the molecule is C[C@@H]1C[C@H]2[C@@H]3CCC4=CCC=C[C@]4(C)[C@@]3(F)CC[C@]2(C)[C@H]1CCSCC(O)CO. The summed E-state index contributed by atoms with van der Waals surface area (Å²) in [6, 6.07) is 0. The number of thioether (sulfide) groups is 1. The normalized spacial score (nSPS) is 47.2. The van der Waals surface area contributed by atoms with Crippen molar-refractivity contribution in [3.63, 3.8) is 0 Å². The Hall–Kier alpha value is -0.320. The first-order chi connectivity index (χ1) is 13.8. The van der Waals surface area contributed by atoms with Crippen molar-refractivity contribution in [3.05, 3.63) is 23.8 Å². The summed E-state index contributed by atoms with van der Waals surface area (Å²) in [5.74, 6) is 3.58. The van der Waals surface area contributed by atoms with Crippen LogP contribution in [0, 0.1) is 34.5 Å². The van der Waals surface area contributed by atoms with Gasteiger partial charge in [-0.2, -0.15) is 11.8 Å². The molecule has 164 valence electrons. The average Bonchev–Trinajstić information content (AvgIpc) is 2.95. The maximum atomic E-state index is 16.9. The zero-order valence-electron chi connectivity index (χ0n) is 18.4. The van der Waals surface area contributed by atoms with Crippen molar-refractivity contribution in [3.8, 4) is 0 Å². The Morgan fingerprint density at radius 2 is 2.07 bits per heavy atom. The molecule has 2 N–H and O–H groups in total. The summed E-state index contributed by atoms with van der Waals surface area (Å²) in [5.41, 5.74) is 0.106. The predicted octanol–water partition coefficient (Wildman–Crippen LogP) is 5.55. The van der Waals surface area contributed by atoms with Gasteiger partial charge in [0, 0.05) is 11.2 Å². The van der Waals surface area contributed by atoms with E-state index in [0.717, 1.165) is 37.9 Å². The van der Waals surface area contributed by atoms with Crippen LogP contribution in [-0.2, 0) is 0 Å². The molecule has 0 aromatic carbocycles. The Bertz CT molecular complexity index is 678. The van der Waals surface area contributed by atoms with Gasteiger partial charge >= 0.3 is 0 Å². The molecule has 0 radical (unpaired) electrons. The van der Waals surface area contributed by atoms with E-state index in [9.17, 15) is 5.11 Å². The van der Waals surface area contributed by atoms with Crippen molar-refractivity contribution in [1.29, 1.82) is 0 Å². The largest absolute Gasteiger partial charge is 0.394 e. The molecule has 3 saturated carbocycles. The number of rotatable bonds is 6. The molecule has 3 fully saturated rings.